The van der Waals surface area contributed by atoms with Crippen molar-refractivity contribution in [3.63, 3.8) is 0 Å². The summed E-state index contributed by atoms with van der Waals surface area (Å²) in [5, 5.41) is 9.18. The molecule has 0 radical (unpaired) electrons. The summed E-state index contributed by atoms with van der Waals surface area (Å²) in [4.78, 5) is 38.8. The molecule has 9 heteroatoms. The van der Waals surface area contributed by atoms with Crippen molar-refractivity contribution in [1.29, 1.82) is 0 Å². The Labute approximate surface area is 158 Å². The van der Waals surface area contributed by atoms with Crippen LogP contribution in [0.2, 0.25) is 0 Å². The second kappa shape index (κ2) is 7.55. The van der Waals surface area contributed by atoms with E-state index in [9.17, 15) is 23.9 Å². The second-order valence-corrected chi connectivity index (χ2v) is 7.55. The first-order chi connectivity index (χ1) is 12.4. The van der Waals surface area contributed by atoms with Gasteiger partial charge in [-0.15, -0.1) is 0 Å². The molecule has 1 aromatic rings. The summed E-state index contributed by atoms with van der Waals surface area (Å²) < 4.78 is 14.0. The number of carboxylic acids is 1. The van der Waals surface area contributed by atoms with Crippen LogP contribution in [0.1, 0.15) is 18.4 Å². The summed E-state index contributed by atoms with van der Waals surface area (Å²) in [5.74, 6) is -2.46. The molecule has 0 bridgehead atoms. The van der Waals surface area contributed by atoms with Gasteiger partial charge >= 0.3 is 5.97 Å². The summed E-state index contributed by atoms with van der Waals surface area (Å²) in [6, 6.07) is 5.16. The number of amides is 2. The molecule has 2 amide bonds. The zero-order valence-electron chi connectivity index (χ0n) is 13.6. The first kappa shape index (κ1) is 18.5. The SMILES string of the molecule is O=C(O)[C@@H]1CCCN1C(=O)CN1C(=O)/C(=C/c2ccccc2F)SC1=S. The van der Waals surface area contributed by atoms with E-state index in [2.05, 4.69) is 0 Å². The highest BCUT2D eigenvalue weighted by Crippen LogP contribution is 2.33. The van der Waals surface area contributed by atoms with Gasteiger partial charge in [-0.25, -0.2) is 9.18 Å². The van der Waals surface area contributed by atoms with Crippen molar-refractivity contribution in [3.8, 4) is 0 Å². The van der Waals surface area contributed by atoms with Gasteiger partial charge in [-0.3, -0.25) is 14.5 Å². The minimum atomic E-state index is -1.05. The first-order valence-corrected chi connectivity index (χ1v) is 9.13. The molecule has 0 aromatic heterocycles. The molecule has 3 rings (SSSR count). The number of likely N-dealkylation sites (tertiary alicyclic amines) is 1. The van der Waals surface area contributed by atoms with Crippen molar-refractivity contribution in [2.24, 2.45) is 0 Å². The molecule has 0 spiro atoms. The Morgan fingerprint density at radius 3 is 2.81 bits per heavy atom. The van der Waals surface area contributed by atoms with Crippen LogP contribution in [0.3, 0.4) is 0 Å². The predicted octanol–water partition coefficient (Wildman–Crippen LogP) is 2.10. The van der Waals surface area contributed by atoms with Gasteiger partial charge in [0.25, 0.3) is 5.91 Å². The molecule has 2 aliphatic heterocycles. The largest absolute Gasteiger partial charge is 0.480 e. The predicted molar refractivity (Wildman–Crippen MR) is 98.6 cm³/mol. The molecule has 26 heavy (non-hydrogen) atoms. The van der Waals surface area contributed by atoms with Crippen LogP contribution in [0.5, 0.6) is 0 Å². The molecule has 6 nitrogen and oxygen atoms in total. The van der Waals surface area contributed by atoms with E-state index >= 15 is 0 Å². The molecule has 2 heterocycles. The van der Waals surface area contributed by atoms with E-state index in [1.807, 2.05) is 0 Å². The zero-order valence-corrected chi connectivity index (χ0v) is 15.2. The van der Waals surface area contributed by atoms with E-state index < -0.39 is 29.6 Å². The van der Waals surface area contributed by atoms with Crippen LogP contribution < -0.4 is 0 Å². The molecule has 1 atom stereocenters. The maximum atomic E-state index is 13.8. The topological polar surface area (TPSA) is 77.9 Å². The van der Waals surface area contributed by atoms with Crippen LogP contribution in [0.25, 0.3) is 6.08 Å². The number of thiocarbonyl (C=S) groups is 1. The number of rotatable bonds is 4. The van der Waals surface area contributed by atoms with Gasteiger partial charge in [0.05, 0.1) is 4.91 Å². The van der Waals surface area contributed by atoms with Crippen molar-refractivity contribution in [2.45, 2.75) is 18.9 Å². The Balaban J connectivity index is 1.74. The van der Waals surface area contributed by atoms with E-state index in [1.165, 1.54) is 23.1 Å². The average molecular weight is 394 g/mol. The van der Waals surface area contributed by atoms with Gasteiger partial charge in [0.2, 0.25) is 5.91 Å². The Hall–Kier alpha value is -2.26. The summed E-state index contributed by atoms with van der Waals surface area (Å²) in [6.07, 6.45) is 2.40. The molecule has 2 aliphatic rings. The monoisotopic (exact) mass is 394 g/mol. The van der Waals surface area contributed by atoms with Gasteiger partial charge in [0, 0.05) is 12.1 Å². The quantitative estimate of drug-likeness (QED) is 0.623. The van der Waals surface area contributed by atoms with Crippen molar-refractivity contribution in [2.75, 3.05) is 13.1 Å². The average Bonchev–Trinajstić information content (AvgIpc) is 3.18. The van der Waals surface area contributed by atoms with Gasteiger partial charge in [-0.2, -0.15) is 0 Å². The maximum absolute atomic E-state index is 13.8. The number of hydrogen-bond donors (Lipinski definition) is 1. The van der Waals surface area contributed by atoms with E-state index in [0.717, 1.165) is 16.7 Å². The Morgan fingerprint density at radius 2 is 2.12 bits per heavy atom. The highest BCUT2D eigenvalue weighted by Gasteiger charge is 2.38. The van der Waals surface area contributed by atoms with E-state index in [1.54, 1.807) is 12.1 Å². The number of carbonyl (C=O) groups excluding carboxylic acids is 2. The van der Waals surface area contributed by atoms with E-state index in [-0.39, 0.29) is 21.3 Å². The summed E-state index contributed by atoms with van der Waals surface area (Å²) >= 11 is 6.16. The third kappa shape index (κ3) is 3.63. The van der Waals surface area contributed by atoms with Gasteiger partial charge in [0.1, 0.15) is 22.7 Å². The Morgan fingerprint density at radius 1 is 1.38 bits per heavy atom. The van der Waals surface area contributed by atoms with Gasteiger partial charge in [-0.1, -0.05) is 42.2 Å². The minimum Gasteiger partial charge on any atom is -0.480 e. The van der Waals surface area contributed by atoms with Crippen LogP contribution in [-0.4, -0.2) is 56.1 Å². The lowest BCUT2D eigenvalue weighted by Crippen LogP contribution is -2.46. The first-order valence-electron chi connectivity index (χ1n) is 7.90. The molecule has 1 aromatic carbocycles. The van der Waals surface area contributed by atoms with Crippen LogP contribution >= 0.6 is 24.0 Å². The van der Waals surface area contributed by atoms with E-state index in [0.29, 0.717) is 19.4 Å². The fourth-order valence-electron chi connectivity index (χ4n) is 2.92. The second-order valence-electron chi connectivity index (χ2n) is 5.87. The van der Waals surface area contributed by atoms with Crippen LogP contribution in [0, 0.1) is 5.82 Å². The molecule has 0 saturated carbocycles. The Bertz CT molecular complexity index is 827. The Kier molecular flexibility index (Phi) is 5.38. The summed E-state index contributed by atoms with van der Waals surface area (Å²) in [5.41, 5.74) is 0.254. The fourth-order valence-corrected chi connectivity index (χ4v) is 4.16. The molecule has 1 N–H and O–H groups in total. The lowest BCUT2D eigenvalue weighted by molar-refractivity contribution is -0.148. The van der Waals surface area contributed by atoms with Crippen molar-refractivity contribution in [3.05, 3.63) is 40.6 Å². The number of benzene rings is 1. The number of thioether (sulfide) groups is 1. The van der Waals surface area contributed by atoms with Crippen LogP contribution in [-0.2, 0) is 14.4 Å². The van der Waals surface area contributed by atoms with E-state index in [4.69, 9.17) is 12.2 Å². The number of carbonyl (C=O) groups is 3. The normalized spacial score (nSPS) is 21.7. The third-order valence-corrected chi connectivity index (χ3v) is 5.59. The molecule has 136 valence electrons. The zero-order chi connectivity index (χ0) is 18.8. The van der Waals surface area contributed by atoms with Crippen molar-refractivity contribution < 1.29 is 23.9 Å². The summed E-state index contributed by atoms with van der Waals surface area (Å²) in [6.45, 7) is 0.0265. The third-order valence-electron chi connectivity index (χ3n) is 4.22. The highest BCUT2D eigenvalue weighted by atomic mass is 32.2. The number of nitrogens with zero attached hydrogens (tertiary/aromatic N) is 2. The fraction of sp³-hybridized carbons (Fsp3) is 0.294. The highest BCUT2D eigenvalue weighted by molar-refractivity contribution is 8.26. The van der Waals surface area contributed by atoms with Gasteiger partial charge < -0.3 is 10.0 Å². The van der Waals surface area contributed by atoms with Crippen LogP contribution in [0.4, 0.5) is 4.39 Å². The lowest BCUT2D eigenvalue weighted by atomic mass is 10.2. The van der Waals surface area contributed by atoms with Gasteiger partial charge in [0.15, 0.2) is 0 Å². The number of aliphatic carboxylic acids is 1. The smallest absolute Gasteiger partial charge is 0.326 e. The minimum absolute atomic E-state index is 0.192. The maximum Gasteiger partial charge on any atom is 0.326 e. The van der Waals surface area contributed by atoms with Crippen molar-refractivity contribution >= 4 is 52.2 Å². The molecule has 2 fully saturated rings. The number of hydrogen-bond acceptors (Lipinski definition) is 5. The molecule has 0 aliphatic carbocycles. The molecular formula is C17H15FN2O4S2. The number of carboxylic acid groups (broad SMARTS) is 1. The standard InChI is InChI=1S/C17H15FN2O4S2/c18-11-5-2-1-4-10(11)8-13-15(22)20(17(25)26-13)9-14(21)19-7-3-6-12(19)16(23)24/h1-2,4-5,8,12H,3,6-7,9H2,(H,23,24)/b13-8-/t12-/m0/s1. The van der Waals surface area contributed by atoms with Gasteiger partial charge in [-0.05, 0) is 25.0 Å². The molecule has 2 saturated heterocycles. The van der Waals surface area contributed by atoms with Crippen LogP contribution in [0.15, 0.2) is 29.2 Å². The molecular weight excluding hydrogens is 379 g/mol. The summed E-state index contributed by atoms with van der Waals surface area (Å²) in [7, 11) is 0. The number of halogens is 1. The molecule has 0 unspecified atom stereocenters. The van der Waals surface area contributed by atoms with Crippen molar-refractivity contribution in [1.82, 2.24) is 9.80 Å². The lowest BCUT2D eigenvalue weighted by Gasteiger charge is -2.24.